The summed E-state index contributed by atoms with van der Waals surface area (Å²) in [6, 6.07) is 0. The predicted molar refractivity (Wildman–Crippen MR) is 32.5 cm³/mol. The maximum absolute atomic E-state index is 5.30. The summed E-state index contributed by atoms with van der Waals surface area (Å²) in [5.74, 6) is 0. The Labute approximate surface area is 56.2 Å². The molecule has 0 bridgehead atoms. The Kier molecular flexibility index (Phi) is 7.49. The van der Waals surface area contributed by atoms with Crippen LogP contribution >= 0.6 is 0 Å². The molecule has 0 saturated carbocycles. The van der Waals surface area contributed by atoms with Crippen LogP contribution in [-0.4, -0.2) is 28.2 Å². The van der Waals surface area contributed by atoms with Gasteiger partial charge in [-0.3, -0.25) is 0 Å². The van der Waals surface area contributed by atoms with Crippen molar-refractivity contribution in [2.75, 3.05) is 6.61 Å². The van der Waals surface area contributed by atoms with E-state index in [1.165, 1.54) is 10.9 Å². The molecule has 0 aromatic carbocycles. The second-order valence-electron chi connectivity index (χ2n) is 1.35. The van der Waals surface area contributed by atoms with Crippen LogP contribution in [-0.2, 0) is 3.07 Å². The Bertz CT molecular complexity index is 27.3. The first-order chi connectivity index (χ1) is 3.41. The van der Waals surface area contributed by atoms with E-state index in [2.05, 4.69) is 13.8 Å². The molecular weight excluding hydrogens is 195 g/mol. The molecular formula is C5H12OSn. The van der Waals surface area contributed by atoms with Crippen LogP contribution in [0.15, 0.2) is 0 Å². The third-order valence-electron chi connectivity index (χ3n) is 0.553. The van der Waals surface area contributed by atoms with Gasteiger partial charge in [0.05, 0.1) is 0 Å². The monoisotopic (exact) mass is 208 g/mol. The Morgan fingerprint density at radius 2 is 2.14 bits per heavy atom. The standard InChI is InChI=1S/C3H7O.C2H5.Sn/c1-2-3-4;1-2;/h2-3H2,1H3;1H2,2H3;/q-1;;+1. The first-order valence-corrected chi connectivity index (χ1v) is 5.94. The van der Waals surface area contributed by atoms with Crippen LogP contribution in [0.3, 0.4) is 0 Å². The molecule has 0 saturated heterocycles. The summed E-state index contributed by atoms with van der Waals surface area (Å²) >= 11 is -0.316. The Morgan fingerprint density at radius 3 is 2.57 bits per heavy atom. The second kappa shape index (κ2) is 6.76. The first kappa shape index (κ1) is 7.76. The van der Waals surface area contributed by atoms with Gasteiger partial charge in [-0.25, -0.2) is 0 Å². The summed E-state index contributed by atoms with van der Waals surface area (Å²) < 4.78 is 6.61. The molecule has 0 spiro atoms. The topological polar surface area (TPSA) is 9.23 Å². The molecule has 0 fully saturated rings. The molecule has 42 valence electrons. The van der Waals surface area contributed by atoms with Gasteiger partial charge in [-0.05, 0) is 0 Å². The summed E-state index contributed by atoms with van der Waals surface area (Å²) in [6.45, 7) is 5.34. The Morgan fingerprint density at radius 1 is 1.43 bits per heavy atom. The Balaban J connectivity index is 2.45. The summed E-state index contributed by atoms with van der Waals surface area (Å²) in [5.41, 5.74) is 0. The van der Waals surface area contributed by atoms with Crippen molar-refractivity contribution in [3.05, 3.63) is 0 Å². The van der Waals surface area contributed by atoms with Crippen molar-refractivity contribution in [2.24, 2.45) is 0 Å². The zero-order valence-corrected chi connectivity index (χ0v) is 7.88. The minimum atomic E-state index is -0.316. The summed E-state index contributed by atoms with van der Waals surface area (Å²) in [7, 11) is 0. The van der Waals surface area contributed by atoms with E-state index in [-0.39, 0.29) is 21.6 Å². The molecule has 0 aliphatic rings. The third-order valence-corrected chi connectivity index (χ3v) is 2.54. The molecule has 0 N–H and O–H groups in total. The average Bonchev–Trinajstić information content (AvgIpc) is 1.69. The first-order valence-electron chi connectivity index (χ1n) is 2.76. The van der Waals surface area contributed by atoms with Gasteiger partial charge in [-0.1, -0.05) is 0 Å². The van der Waals surface area contributed by atoms with E-state index in [0.717, 1.165) is 6.61 Å². The van der Waals surface area contributed by atoms with Crippen LogP contribution in [0, 0.1) is 0 Å². The van der Waals surface area contributed by atoms with E-state index >= 15 is 0 Å². The molecule has 0 rings (SSSR count). The SMILES string of the molecule is CCC[O][Sn][CH2]C. The normalized spacial score (nSPS) is 9.43. The van der Waals surface area contributed by atoms with Crippen molar-refractivity contribution in [3.63, 3.8) is 0 Å². The molecule has 0 atom stereocenters. The third kappa shape index (κ3) is 6.76. The van der Waals surface area contributed by atoms with E-state index in [0.29, 0.717) is 0 Å². The number of hydrogen-bond acceptors (Lipinski definition) is 1. The predicted octanol–water partition coefficient (Wildman–Crippen LogP) is 1.47. The van der Waals surface area contributed by atoms with E-state index in [1.54, 1.807) is 0 Å². The van der Waals surface area contributed by atoms with Crippen molar-refractivity contribution in [1.82, 2.24) is 0 Å². The van der Waals surface area contributed by atoms with Crippen molar-refractivity contribution < 1.29 is 3.07 Å². The molecule has 0 aromatic heterocycles. The van der Waals surface area contributed by atoms with Gasteiger partial charge in [0, 0.05) is 0 Å². The van der Waals surface area contributed by atoms with Crippen LogP contribution in [0.4, 0.5) is 0 Å². The van der Waals surface area contributed by atoms with E-state index < -0.39 is 0 Å². The van der Waals surface area contributed by atoms with E-state index in [9.17, 15) is 0 Å². The van der Waals surface area contributed by atoms with Gasteiger partial charge in [0.25, 0.3) is 0 Å². The Hall–Kier alpha value is 0.759. The average molecular weight is 207 g/mol. The number of hydrogen-bond donors (Lipinski definition) is 0. The zero-order valence-electron chi connectivity index (χ0n) is 5.03. The van der Waals surface area contributed by atoms with Crippen LogP contribution in [0.5, 0.6) is 0 Å². The summed E-state index contributed by atoms with van der Waals surface area (Å²) in [4.78, 5) is 0. The molecule has 0 unspecified atom stereocenters. The second-order valence-corrected chi connectivity index (χ2v) is 5.01. The van der Waals surface area contributed by atoms with Crippen molar-refractivity contribution in [1.29, 1.82) is 0 Å². The van der Waals surface area contributed by atoms with Crippen molar-refractivity contribution in [3.8, 4) is 0 Å². The van der Waals surface area contributed by atoms with Gasteiger partial charge < -0.3 is 0 Å². The molecule has 7 heavy (non-hydrogen) atoms. The van der Waals surface area contributed by atoms with Crippen molar-refractivity contribution in [2.45, 2.75) is 24.7 Å². The molecule has 0 aliphatic carbocycles. The fourth-order valence-electron chi connectivity index (χ4n) is 0.276. The van der Waals surface area contributed by atoms with Crippen LogP contribution < -0.4 is 0 Å². The van der Waals surface area contributed by atoms with Gasteiger partial charge >= 0.3 is 55.9 Å². The molecule has 2 heteroatoms. The molecule has 2 radical (unpaired) electrons. The van der Waals surface area contributed by atoms with Crippen molar-refractivity contribution >= 4 is 21.6 Å². The maximum atomic E-state index is 5.30. The van der Waals surface area contributed by atoms with Crippen LogP contribution in [0.1, 0.15) is 20.3 Å². The quantitative estimate of drug-likeness (QED) is 0.500. The molecule has 0 aromatic rings. The molecule has 0 aliphatic heterocycles. The minimum absolute atomic E-state index is 0.316. The fraction of sp³-hybridized carbons (Fsp3) is 1.00. The fourth-order valence-corrected chi connectivity index (χ4v) is 1.85. The van der Waals surface area contributed by atoms with Gasteiger partial charge in [-0.2, -0.15) is 0 Å². The van der Waals surface area contributed by atoms with Gasteiger partial charge in [0.2, 0.25) is 0 Å². The molecule has 0 heterocycles. The van der Waals surface area contributed by atoms with E-state index in [1.807, 2.05) is 0 Å². The van der Waals surface area contributed by atoms with Crippen LogP contribution in [0.2, 0.25) is 4.44 Å². The summed E-state index contributed by atoms with van der Waals surface area (Å²) in [6.07, 6.45) is 1.18. The van der Waals surface area contributed by atoms with Gasteiger partial charge in [-0.15, -0.1) is 0 Å². The van der Waals surface area contributed by atoms with E-state index in [4.69, 9.17) is 3.07 Å². The molecule has 1 nitrogen and oxygen atoms in total. The van der Waals surface area contributed by atoms with Crippen LogP contribution in [0.25, 0.3) is 0 Å². The molecule has 0 amide bonds. The number of rotatable bonds is 4. The van der Waals surface area contributed by atoms with Gasteiger partial charge in [0.15, 0.2) is 0 Å². The van der Waals surface area contributed by atoms with Gasteiger partial charge in [0.1, 0.15) is 0 Å². The zero-order chi connectivity index (χ0) is 5.54. The summed E-state index contributed by atoms with van der Waals surface area (Å²) in [5, 5.41) is 0.